The lowest BCUT2D eigenvalue weighted by Gasteiger charge is -2.02. The van der Waals surface area contributed by atoms with Crippen molar-refractivity contribution in [3.63, 3.8) is 0 Å². The number of allylic oxidation sites excluding steroid dienone is 1. The predicted octanol–water partition coefficient (Wildman–Crippen LogP) is 5.51. The molecule has 0 N–H and O–H groups in total. The van der Waals surface area contributed by atoms with Crippen LogP contribution < -0.4 is 0 Å². The van der Waals surface area contributed by atoms with Gasteiger partial charge >= 0.3 is 0 Å². The molecule has 0 radical (unpaired) electrons. The summed E-state index contributed by atoms with van der Waals surface area (Å²) in [5.74, 6) is 0. The van der Waals surface area contributed by atoms with Crippen LogP contribution in [0.2, 0.25) is 0 Å². The van der Waals surface area contributed by atoms with Gasteiger partial charge in [-0.2, -0.15) is 5.26 Å². The average Bonchev–Trinajstić information content (AvgIpc) is 3.03. The van der Waals surface area contributed by atoms with Crippen molar-refractivity contribution >= 4 is 44.0 Å². The molecule has 3 heteroatoms. The van der Waals surface area contributed by atoms with Crippen LogP contribution in [0.3, 0.4) is 0 Å². The predicted molar refractivity (Wildman–Crippen MR) is 97.1 cm³/mol. The highest BCUT2D eigenvalue weighted by Gasteiger charge is 2.09. The summed E-state index contributed by atoms with van der Waals surface area (Å²) in [7, 11) is 0. The van der Waals surface area contributed by atoms with Crippen LogP contribution in [-0.4, -0.2) is 4.98 Å². The second-order valence-corrected chi connectivity index (χ2v) is 6.26. The molecule has 2 nitrogen and oxygen atoms in total. The molecule has 1 heterocycles. The van der Waals surface area contributed by atoms with E-state index < -0.39 is 0 Å². The second kappa shape index (κ2) is 5.68. The van der Waals surface area contributed by atoms with Crippen molar-refractivity contribution in [2.45, 2.75) is 0 Å². The van der Waals surface area contributed by atoms with Gasteiger partial charge < -0.3 is 0 Å². The Labute approximate surface area is 138 Å². The van der Waals surface area contributed by atoms with Crippen LogP contribution in [0.4, 0.5) is 0 Å². The van der Waals surface area contributed by atoms with Gasteiger partial charge in [0, 0.05) is 0 Å². The van der Waals surface area contributed by atoms with Crippen molar-refractivity contribution in [3.8, 4) is 6.07 Å². The van der Waals surface area contributed by atoms with Crippen LogP contribution in [0.1, 0.15) is 10.6 Å². The zero-order chi connectivity index (χ0) is 15.6. The lowest BCUT2D eigenvalue weighted by Crippen LogP contribution is -1.82. The second-order valence-electron chi connectivity index (χ2n) is 5.22. The fraction of sp³-hybridized carbons (Fsp3) is 0. The van der Waals surface area contributed by atoms with E-state index in [1.807, 2.05) is 54.6 Å². The first-order valence-corrected chi connectivity index (χ1v) is 8.12. The Morgan fingerprint density at radius 3 is 2.61 bits per heavy atom. The summed E-state index contributed by atoms with van der Waals surface area (Å²) >= 11 is 1.55. The third-order valence-electron chi connectivity index (χ3n) is 3.77. The smallest absolute Gasteiger partial charge is 0.135 e. The highest BCUT2D eigenvalue weighted by Crippen LogP contribution is 2.29. The standard InChI is InChI=1S/C20H12N2S/c21-13-16(20-22-18-10-3-4-11-19(18)23-20)12-15-8-5-7-14-6-1-2-9-17(14)15/h1-12H/b16-12+. The minimum Gasteiger partial charge on any atom is -0.235 e. The van der Waals surface area contributed by atoms with Crippen LogP contribution in [0.15, 0.2) is 66.7 Å². The van der Waals surface area contributed by atoms with Gasteiger partial charge in [-0.3, -0.25) is 0 Å². The molecule has 0 unspecified atom stereocenters. The molecule has 0 atom stereocenters. The molecule has 23 heavy (non-hydrogen) atoms. The molecule has 0 aliphatic rings. The molecule has 0 aliphatic heterocycles. The maximum absolute atomic E-state index is 9.59. The zero-order valence-corrected chi connectivity index (χ0v) is 13.0. The fourth-order valence-electron chi connectivity index (χ4n) is 2.66. The molecule has 0 amide bonds. The quantitative estimate of drug-likeness (QED) is 0.457. The van der Waals surface area contributed by atoms with Crippen molar-refractivity contribution in [1.82, 2.24) is 4.98 Å². The summed E-state index contributed by atoms with van der Waals surface area (Å²) < 4.78 is 1.10. The third-order valence-corrected chi connectivity index (χ3v) is 4.84. The van der Waals surface area contributed by atoms with Crippen LogP contribution in [0, 0.1) is 11.3 Å². The van der Waals surface area contributed by atoms with Gasteiger partial charge in [0.05, 0.1) is 15.8 Å². The van der Waals surface area contributed by atoms with Crippen LogP contribution in [0.5, 0.6) is 0 Å². The first kappa shape index (κ1) is 13.7. The van der Waals surface area contributed by atoms with Gasteiger partial charge in [-0.25, -0.2) is 4.98 Å². The van der Waals surface area contributed by atoms with E-state index in [9.17, 15) is 5.26 Å². The average molecular weight is 312 g/mol. The number of thiazole rings is 1. The maximum atomic E-state index is 9.59. The van der Waals surface area contributed by atoms with E-state index in [0.717, 1.165) is 26.2 Å². The topological polar surface area (TPSA) is 36.7 Å². The fourth-order valence-corrected chi connectivity index (χ4v) is 3.59. The van der Waals surface area contributed by atoms with Gasteiger partial charge in [0.2, 0.25) is 0 Å². The molecule has 0 saturated heterocycles. The molecular formula is C20H12N2S. The summed E-state index contributed by atoms with van der Waals surface area (Å²) in [6, 6.07) is 24.6. The van der Waals surface area contributed by atoms with Gasteiger partial charge in [0.15, 0.2) is 0 Å². The largest absolute Gasteiger partial charge is 0.235 e. The Morgan fingerprint density at radius 2 is 1.74 bits per heavy atom. The van der Waals surface area contributed by atoms with Crippen LogP contribution in [0.25, 0.3) is 32.6 Å². The molecule has 4 aromatic rings. The number of hydrogen-bond donors (Lipinski definition) is 0. The van der Waals surface area contributed by atoms with E-state index in [4.69, 9.17) is 0 Å². The molecule has 1 aromatic heterocycles. The summed E-state index contributed by atoms with van der Waals surface area (Å²) in [6.07, 6.45) is 1.93. The number of benzene rings is 3. The van der Waals surface area contributed by atoms with Gasteiger partial charge in [-0.05, 0) is 34.5 Å². The van der Waals surface area contributed by atoms with Gasteiger partial charge in [-0.1, -0.05) is 54.6 Å². The lowest BCUT2D eigenvalue weighted by atomic mass is 10.0. The van der Waals surface area contributed by atoms with Crippen molar-refractivity contribution in [2.24, 2.45) is 0 Å². The number of aromatic nitrogens is 1. The van der Waals surface area contributed by atoms with E-state index in [2.05, 4.69) is 29.3 Å². The molecule has 3 aromatic carbocycles. The molecule has 4 rings (SSSR count). The van der Waals surface area contributed by atoms with E-state index in [0.29, 0.717) is 5.57 Å². The Balaban J connectivity index is 1.88. The highest BCUT2D eigenvalue weighted by molar-refractivity contribution is 7.19. The minimum absolute atomic E-state index is 0.600. The molecule has 0 aliphatic carbocycles. The van der Waals surface area contributed by atoms with E-state index in [1.165, 1.54) is 5.39 Å². The monoisotopic (exact) mass is 312 g/mol. The molecule has 0 spiro atoms. The van der Waals surface area contributed by atoms with E-state index in [-0.39, 0.29) is 0 Å². The molecule has 0 fully saturated rings. The maximum Gasteiger partial charge on any atom is 0.135 e. The Bertz CT molecular complexity index is 1050. The summed E-state index contributed by atoms with van der Waals surface area (Å²) in [6.45, 7) is 0. The van der Waals surface area contributed by atoms with Gasteiger partial charge in [0.25, 0.3) is 0 Å². The Morgan fingerprint density at radius 1 is 0.957 bits per heavy atom. The highest BCUT2D eigenvalue weighted by atomic mass is 32.1. The number of rotatable bonds is 2. The van der Waals surface area contributed by atoms with Crippen molar-refractivity contribution in [3.05, 3.63) is 77.3 Å². The van der Waals surface area contributed by atoms with Crippen LogP contribution >= 0.6 is 11.3 Å². The third kappa shape index (κ3) is 2.50. The first-order valence-electron chi connectivity index (χ1n) is 7.31. The molecule has 108 valence electrons. The van der Waals surface area contributed by atoms with E-state index >= 15 is 0 Å². The Kier molecular flexibility index (Phi) is 3.38. The van der Waals surface area contributed by atoms with E-state index in [1.54, 1.807) is 11.3 Å². The molecule has 0 saturated carbocycles. The number of para-hydroxylation sites is 1. The summed E-state index contributed by atoms with van der Waals surface area (Å²) in [5, 5.41) is 12.7. The van der Waals surface area contributed by atoms with Crippen molar-refractivity contribution in [1.29, 1.82) is 5.26 Å². The Hall–Kier alpha value is -2.96. The SMILES string of the molecule is N#C/C(=C\c1cccc2ccccc12)c1nc2ccccc2s1. The van der Waals surface area contributed by atoms with Crippen molar-refractivity contribution in [2.75, 3.05) is 0 Å². The number of fused-ring (bicyclic) bond motifs is 2. The van der Waals surface area contributed by atoms with Crippen molar-refractivity contribution < 1.29 is 0 Å². The number of nitriles is 1. The molecule has 0 bridgehead atoms. The lowest BCUT2D eigenvalue weighted by molar-refractivity contribution is 1.44. The summed E-state index contributed by atoms with van der Waals surface area (Å²) in [5.41, 5.74) is 2.58. The summed E-state index contributed by atoms with van der Waals surface area (Å²) in [4.78, 5) is 4.59. The number of nitrogens with zero attached hydrogens (tertiary/aromatic N) is 2. The normalized spacial score (nSPS) is 11.7. The number of hydrogen-bond acceptors (Lipinski definition) is 3. The minimum atomic E-state index is 0.600. The van der Waals surface area contributed by atoms with Gasteiger partial charge in [0.1, 0.15) is 11.1 Å². The van der Waals surface area contributed by atoms with Gasteiger partial charge in [-0.15, -0.1) is 11.3 Å². The molecular weight excluding hydrogens is 300 g/mol. The first-order chi connectivity index (χ1) is 11.3. The zero-order valence-electron chi connectivity index (χ0n) is 12.2. The van der Waals surface area contributed by atoms with Crippen LogP contribution in [-0.2, 0) is 0 Å².